The molecule has 102 valence electrons. The van der Waals surface area contributed by atoms with Crippen LogP contribution in [0.5, 0.6) is 0 Å². The Kier molecular flexibility index (Phi) is 5.24. The molecule has 0 saturated heterocycles. The Balaban J connectivity index is 1.91. The minimum absolute atomic E-state index is 0.354. The topological polar surface area (TPSA) is 42.7 Å². The number of rotatable bonds is 6. The van der Waals surface area contributed by atoms with Gasteiger partial charge in [-0.05, 0) is 25.2 Å². The van der Waals surface area contributed by atoms with Gasteiger partial charge >= 0.3 is 0 Å². The van der Waals surface area contributed by atoms with Crippen LogP contribution in [0.25, 0.3) is 0 Å². The number of halogens is 1. The second kappa shape index (κ2) is 6.93. The van der Waals surface area contributed by atoms with Crippen LogP contribution in [0.4, 0.5) is 0 Å². The number of thioether (sulfide) groups is 1. The third-order valence-corrected chi connectivity index (χ3v) is 4.28. The van der Waals surface area contributed by atoms with Crippen LogP contribution in [-0.2, 0) is 13.5 Å². The van der Waals surface area contributed by atoms with Crippen molar-refractivity contribution in [2.24, 2.45) is 7.05 Å². The maximum absolute atomic E-state index is 5.98. The molecule has 1 N–H and O–H groups in total. The number of nitrogens with one attached hydrogen (secondary N) is 1. The molecule has 2 rings (SSSR count). The second-order valence-electron chi connectivity index (χ2n) is 4.26. The molecule has 0 bridgehead atoms. The highest BCUT2D eigenvalue weighted by Crippen LogP contribution is 2.22. The van der Waals surface area contributed by atoms with Gasteiger partial charge in [0, 0.05) is 35.2 Å². The molecule has 19 heavy (non-hydrogen) atoms. The van der Waals surface area contributed by atoms with Crippen molar-refractivity contribution in [2.75, 3.05) is 12.8 Å². The van der Waals surface area contributed by atoms with Crippen molar-refractivity contribution in [3.05, 3.63) is 41.4 Å². The fraction of sp³-hybridized carbons (Fsp3) is 0.385. The molecule has 1 aromatic carbocycles. The molecule has 6 heteroatoms. The summed E-state index contributed by atoms with van der Waals surface area (Å²) < 4.78 is 1.81. The lowest BCUT2D eigenvalue weighted by Crippen LogP contribution is -2.31. The monoisotopic (exact) mass is 296 g/mol. The van der Waals surface area contributed by atoms with Crippen molar-refractivity contribution in [3.63, 3.8) is 0 Å². The van der Waals surface area contributed by atoms with Gasteiger partial charge in [-0.3, -0.25) is 4.68 Å². The van der Waals surface area contributed by atoms with E-state index in [1.807, 2.05) is 37.0 Å². The first kappa shape index (κ1) is 14.4. The number of aromatic nitrogens is 3. The third-order valence-electron chi connectivity index (χ3n) is 2.89. The minimum Gasteiger partial charge on any atom is -0.316 e. The predicted octanol–water partition coefficient (Wildman–Crippen LogP) is 2.39. The van der Waals surface area contributed by atoms with Gasteiger partial charge in [0.1, 0.15) is 12.2 Å². The zero-order valence-corrected chi connectivity index (χ0v) is 12.6. The minimum atomic E-state index is 0.354. The van der Waals surface area contributed by atoms with Gasteiger partial charge in [0.2, 0.25) is 0 Å². The molecule has 0 aliphatic heterocycles. The van der Waals surface area contributed by atoms with E-state index in [0.29, 0.717) is 6.04 Å². The van der Waals surface area contributed by atoms with Gasteiger partial charge in [0.25, 0.3) is 0 Å². The van der Waals surface area contributed by atoms with Gasteiger partial charge in [-0.15, -0.1) is 11.8 Å². The summed E-state index contributed by atoms with van der Waals surface area (Å²) in [7, 11) is 3.89. The van der Waals surface area contributed by atoms with Crippen molar-refractivity contribution in [3.8, 4) is 0 Å². The summed E-state index contributed by atoms with van der Waals surface area (Å²) in [5.41, 5.74) is 0. The fourth-order valence-corrected chi connectivity index (χ4v) is 3.04. The molecule has 1 unspecified atom stereocenters. The Morgan fingerprint density at radius 2 is 2.32 bits per heavy atom. The highest BCUT2D eigenvalue weighted by molar-refractivity contribution is 7.99. The SMILES string of the molecule is CNC(CSc1cccc(Cl)c1)Cc1ncnn1C. The van der Waals surface area contributed by atoms with Crippen molar-refractivity contribution in [1.82, 2.24) is 20.1 Å². The first-order chi connectivity index (χ1) is 9.19. The molecule has 2 aromatic rings. The van der Waals surface area contributed by atoms with Crippen molar-refractivity contribution in [1.29, 1.82) is 0 Å². The van der Waals surface area contributed by atoms with E-state index in [1.54, 1.807) is 18.1 Å². The second-order valence-corrected chi connectivity index (χ2v) is 5.79. The van der Waals surface area contributed by atoms with Crippen LogP contribution < -0.4 is 5.32 Å². The van der Waals surface area contributed by atoms with E-state index in [1.165, 1.54) is 4.90 Å². The molecule has 4 nitrogen and oxygen atoms in total. The van der Waals surface area contributed by atoms with E-state index >= 15 is 0 Å². The average Bonchev–Trinajstić information content (AvgIpc) is 2.80. The van der Waals surface area contributed by atoms with Crippen LogP contribution in [0.2, 0.25) is 5.02 Å². The van der Waals surface area contributed by atoms with Crippen molar-refractivity contribution >= 4 is 23.4 Å². The van der Waals surface area contributed by atoms with E-state index < -0.39 is 0 Å². The number of nitrogens with zero attached hydrogens (tertiary/aromatic N) is 3. The van der Waals surface area contributed by atoms with E-state index in [9.17, 15) is 0 Å². The molecule has 1 atom stereocenters. The Hall–Kier alpha value is -1.04. The summed E-state index contributed by atoms with van der Waals surface area (Å²) in [5.74, 6) is 1.95. The van der Waals surface area contributed by atoms with E-state index in [0.717, 1.165) is 23.0 Å². The molecule has 0 saturated carbocycles. The number of benzene rings is 1. The summed E-state index contributed by atoms with van der Waals surface area (Å²) in [6.45, 7) is 0. The summed E-state index contributed by atoms with van der Waals surface area (Å²) in [4.78, 5) is 5.44. The van der Waals surface area contributed by atoms with Crippen LogP contribution in [0.1, 0.15) is 5.82 Å². The number of likely N-dealkylation sites (N-methyl/N-ethyl adjacent to an activating group) is 1. The normalized spacial score (nSPS) is 12.6. The highest BCUT2D eigenvalue weighted by Gasteiger charge is 2.11. The molecule has 0 amide bonds. The Bertz CT molecular complexity index is 529. The predicted molar refractivity (Wildman–Crippen MR) is 79.7 cm³/mol. The zero-order valence-electron chi connectivity index (χ0n) is 11.0. The molecule has 0 radical (unpaired) electrons. The Morgan fingerprint density at radius 3 is 2.95 bits per heavy atom. The summed E-state index contributed by atoms with van der Waals surface area (Å²) in [5, 5.41) is 8.18. The molecule has 0 spiro atoms. The first-order valence-electron chi connectivity index (χ1n) is 6.07. The van der Waals surface area contributed by atoms with Crippen molar-refractivity contribution in [2.45, 2.75) is 17.4 Å². The lowest BCUT2D eigenvalue weighted by Gasteiger charge is -2.15. The highest BCUT2D eigenvalue weighted by atomic mass is 35.5. The Labute approximate surface area is 122 Å². The molecule has 1 aromatic heterocycles. The van der Waals surface area contributed by atoms with Crippen LogP contribution in [0.3, 0.4) is 0 Å². The standard InChI is InChI=1S/C13H17ClN4S/c1-15-11(7-13-16-9-17-18(13)2)8-19-12-5-3-4-10(14)6-12/h3-6,9,11,15H,7-8H2,1-2H3. The van der Waals surface area contributed by atoms with Gasteiger partial charge in [-0.1, -0.05) is 17.7 Å². The Morgan fingerprint density at radius 1 is 1.47 bits per heavy atom. The van der Waals surface area contributed by atoms with Gasteiger partial charge < -0.3 is 5.32 Å². The van der Waals surface area contributed by atoms with Crippen LogP contribution in [0.15, 0.2) is 35.5 Å². The van der Waals surface area contributed by atoms with Gasteiger partial charge in [-0.2, -0.15) is 5.10 Å². The molecule has 0 aliphatic carbocycles. The van der Waals surface area contributed by atoms with Crippen LogP contribution in [-0.4, -0.2) is 33.6 Å². The largest absolute Gasteiger partial charge is 0.316 e. The van der Waals surface area contributed by atoms with Gasteiger partial charge in [0.05, 0.1) is 0 Å². The van der Waals surface area contributed by atoms with Crippen molar-refractivity contribution < 1.29 is 0 Å². The summed E-state index contributed by atoms with van der Waals surface area (Å²) in [6.07, 6.45) is 2.45. The molecule has 0 fully saturated rings. The summed E-state index contributed by atoms with van der Waals surface area (Å²) >= 11 is 7.77. The molecule has 1 heterocycles. The number of hydrogen-bond donors (Lipinski definition) is 1. The van der Waals surface area contributed by atoms with Gasteiger partial charge in [-0.25, -0.2) is 4.98 Å². The van der Waals surface area contributed by atoms with E-state index in [-0.39, 0.29) is 0 Å². The first-order valence-corrected chi connectivity index (χ1v) is 7.44. The van der Waals surface area contributed by atoms with E-state index in [4.69, 9.17) is 11.6 Å². The lowest BCUT2D eigenvalue weighted by molar-refractivity contribution is 0.573. The number of hydrogen-bond acceptors (Lipinski definition) is 4. The smallest absolute Gasteiger partial charge is 0.138 e. The summed E-state index contributed by atoms with van der Waals surface area (Å²) in [6, 6.07) is 8.28. The quantitative estimate of drug-likeness (QED) is 0.831. The van der Waals surface area contributed by atoms with E-state index in [2.05, 4.69) is 21.5 Å². The fourth-order valence-electron chi connectivity index (χ4n) is 1.72. The van der Waals surface area contributed by atoms with Crippen LogP contribution >= 0.6 is 23.4 Å². The van der Waals surface area contributed by atoms with Gasteiger partial charge in [0.15, 0.2) is 0 Å². The zero-order chi connectivity index (χ0) is 13.7. The average molecular weight is 297 g/mol. The third kappa shape index (κ3) is 4.23. The molecular weight excluding hydrogens is 280 g/mol. The molecular formula is C13H17ClN4S. The number of aryl methyl sites for hydroxylation is 1. The maximum Gasteiger partial charge on any atom is 0.138 e. The van der Waals surface area contributed by atoms with Crippen LogP contribution in [0, 0.1) is 0 Å². The lowest BCUT2D eigenvalue weighted by atomic mass is 10.2. The maximum atomic E-state index is 5.98. The molecule has 0 aliphatic rings.